The van der Waals surface area contributed by atoms with Gasteiger partial charge in [0.05, 0.1) is 0 Å². The maximum Gasteiger partial charge on any atom is 0.326 e. The van der Waals surface area contributed by atoms with Crippen molar-refractivity contribution in [2.45, 2.75) is 26.4 Å². The largest absolute Gasteiger partial charge is 0.480 e. The maximum atomic E-state index is 13.1. The number of hydrogen-bond donors (Lipinski definition) is 2. The Balaban J connectivity index is 1.28. The molecule has 196 valence electrons. The van der Waals surface area contributed by atoms with Gasteiger partial charge in [-0.2, -0.15) is 0 Å². The third-order valence-electron chi connectivity index (χ3n) is 6.71. The Labute approximate surface area is 226 Å². The number of nitrogens with zero attached hydrogens (tertiary/aromatic N) is 1. The summed E-state index contributed by atoms with van der Waals surface area (Å²) in [5.41, 5.74) is 4.15. The van der Waals surface area contributed by atoms with Gasteiger partial charge in [-0.3, -0.25) is 9.59 Å². The van der Waals surface area contributed by atoms with E-state index in [0.29, 0.717) is 28.3 Å². The first kappa shape index (κ1) is 25.7. The predicted octanol–water partition coefficient (Wildman–Crippen LogP) is 6.46. The number of para-hydroxylation sites is 1. The number of carboxylic acid groups (broad SMARTS) is 1. The molecule has 0 bridgehead atoms. The maximum absolute atomic E-state index is 13.1. The van der Waals surface area contributed by atoms with Crippen molar-refractivity contribution in [1.82, 2.24) is 4.90 Å². The highest BCUT2D eigenvalue weighted by molar-refractivity contribution is 6.04. The van der Waals surface area contributed by atoms with Crippen molar-refractivity contribution in [2.24, 2.45) is 5.92 Å². The highest BCUT2D eigenvalue weighted by Crippen LogP contribution is 2.32. The Kier molecular flexibility index (Phi) is 7.14. The van der Waals surface area contributed by atoms with E-state index in [9.17, 15) is 19.5 Å². The summed E-state index contributed by atoms with van der Waals surface area (Å²) in [6.45, 7) is 3.89. The van der Waals surface area contributed by atoms with Crippen LogP contribution in [0.15, 0.2) is 97.1 Å². The van der Waals surface area contributed by atoms with Crippen LogP contribution in [0.3, 0.4) is 0 Å². The minimum Gasteiger partial charge on any atom is -0.480 e. The van der Waals surface area contributed by atoms with Crippen LogP contribution in [0.2, 0.25) is 0 Å². The van der Waals surface area contributed by atoms with Crippen molar-refractivity contribution in [3.8, 4) is 22.6 Å². The second-order valence-electron chi connectivity index (χ2n) is 9.81. The van der Waals surface area contributed by atoms with E-state index in [1.54, 1.807) is 50.2 Å². The molecule has 2 amide bonds. The molecule has 4 aromatic carbocycles. The average molecular weight is 521 g/mol. The van der Waals surface area contributed by atoms with Gasteiger partial charge in [-0.05, 0) is 71.1 Å². The zero-order valence-electron chi connectivity index (χ0n) is 21.6. The normalized spacial score (nSPS) is 13.2. The summed E-state index contributed by atoms with van der Waals surface area (Å²) in [5, 5.41) is 12.5. The van der Waals surface area contributed by atoms with Gasteiger partial charge in [-0.1, -0.05) is 62.4 Å². The van der Waals surface area contributed by atoms with E-state index in [0.717, 1.165) is 16.7 Å². The molecule has 0 fully saturated rings. The molecule has 7 nitrogen and oxygen atoms in total. The molecular weight excluding hydrogens is 492 g/mol. The molecule has 39 heavy (non-hydrogen) atoms. The van der Waals surface area contributed by atoms with Crippen LogP contribution in [-0.2, 0) is 11.3 Å². The molecule has 0 spiro atoms. The number of nitrogens with one attached hydrogen (secondary N) is 1. The third-order valence-corrected chi connectivity index (χ3v) is 6.71. The van der Waals surface area contributed by atoms with E-state index in [-0.39, 0.29) is 24.3 Å². The Morgan fingerprint density at radius 1 is 0.846 bits per heavy atom. The van der Waals surface area contributed by atoms with Crippen LogP contribution < -0.4 is 10.1 Å². The molecule has 1 aliphatic heterocycles. The third kappa shape index (κ3) is 5.52. The lowest BCUT2D eigenvalue weighted by Gasteiger charge is -2.27. The fraction of sp³-hybridized carbons (Fsp3) is 0.156. The van der Waals surface area contributed by atoms with Gasteiger partial charge in [0.25, 0.3) is 11.8 Å². The molecule has 0 saturated carbocycles. The fourth-order valence-corrected chi connectivity index (χ4v) is 4.78. The summed E-state index contributed by atoms with van der Waals surface area (Å²) in [5.74, 6) is -0.482. The number of anilines is 1. The number of amides is 2. The van der Waals surface area contributed by atoms with Crippen LogP contribution in [0.1, 0.15) is 40.1 Å². The standard InChI is InChI=1S/C32H28N2O5/c1-20(2)29(32(37)38)34-19-24-12-11-22(18-28(24)31(34)36)21-13-15-25(16-14-21)33-30(35)23-7-6-10-27(17-23)39-26-8-4-3-5-9-26/h3-18,20,29H,19H2,1-2H3,(H,33,35)(H,37,38)/t29-/m0/s1. The van der Waals surface area contributed by atoms with Gasteiger partial charge in [0.1, 0.15) is 17.5 Å². The van der Waals surface area contributed by atoms with E-state index in [1.807, 2.05) is 60.7 Å². The van der Waals surface area contributed by atoms with Crippen LogP contribution >= 0.6 is 0 Å². The molecule has 0 aliphatic carbocycles. The Morgan fingerprint density at radius 3 is 2.23 bits per heavy atom. The van der Waals surface area contributed by atoms with Gasteiger partial charge >= 0.3 is 5.97 Å². The lowest BCUT2D eigenvalue weighted by Crippen LogP contribution is -2.44. The average Bonchev–Trinajstić information content (AvgIpc) is 3.24. The highest BCUT2D eigenvalue weighted by Gasteiger charge is 2.38. The first-order valence-corrected chi connectivity index (χ1v) is 12.7. The molecule has 1 heterocycles. The lowest BCUT2D eigenvalue weighted by atomic mass is 10.00. The Bertz CT molecular complexity index is 1530. The molecule has 0 unspecified atom stereocenters. The molecule has 1 atom stereocenters. The molecule has 4 aromatic rings. The van der Waals surface area contributed by atoms with Crippen molar-refractivity contribution in [1.29, 1.82) is 0 Å². The van der Waals surface area contributed by atoms with Crippen molar-refractivity contribution in [2.75, 3.05) is 5.32 Å². The molecule has 7 heteroatoms. The number of rotatable bonds is 8. The zero-order valence-corrected chi connectivity index (χ0v) is 21.6. The van der Waals surface area contributed by atoms with Crippen LogP contribution in [-0.4, -0.2) is 33.8 Å². The lowest BCUT2D eigenvalue weighted by molar-refractivity contribution is -0.144. The van der Waals surface area contributed by atoms with Gasteiger partial charge in [-0.25, -0.2) is 4.79 Å². The number of benzene rings is 4. The molecule has 0 saturated heterocycles. The van der Waals surface area contributed by atoms with Gasteiger partial charge in [0, 0.05) is 23.4 Å². The zero-order chi connectivity index (χ0) is 27.5. The Hall–Kier alpha value is -4.91. The van der Waals surface area contributed by atoms with Gasteiger partial charge in [-0.15, -0.1) is 0 Å². The SMILES string of the molecule is CC(C)[C@@H](C(=O)O)N1Cc2ccc(-c3ccc(NC(=O)c4cccc(Oc5ccccc5)c4)cc3)cc2C1=O. The van der Waals surface area contributed by atoms with Crippen LogP contribution in [0, 0.1) is 5.92 Å². The number of ether oxygens (including phenoxy) is 1. The number of hydrogen-bond acceptors (Lipinski definition) is 4. The number of carboxylic acids is 1. The smallest absolute Gasteiger partial charge is 0.326 e. The molecule has 5 rings (SSSR count). The minimum atomic E-state index is -1.00. The first-order chi connectivity index (χ1) is 18.8. The molecule has 0 aromatic heterocycles. The monoisotopic (exact) mass is 520 g/mol. The van der Waals surface area contributed by atoms with Gasteiger partial charge in [0.2, 0.25) is 0 Å². The van der Waals surface area contributed by atoms with E-state index in [2.05, 4.69) is 5.32 Å². The summed E-state index contributed by atoms with van der Waals surface area (Å²) in [7, 11) is 0. The summed E-state index contributed by atoms with van der Waals surface area (Å²) >= 11 is 0. The number of fused-ring (bicyclic) bond motifs is 1. The summed E-state index contributed by atoms with van der Waals surface area (Å²) in [4.78, 5) is 39.1. The highest BCUT2D eigenvalue weighted by atomic mass is 16.5. The fourth-order valence-electron chi connectivity index (χ4n) is 4.78. The summed E-state index contributed by atoms with van der Waals surface area (Å²) in [6.07, 6.45) is 0. The van der Waals surface area contributed by atoms with Crippen molar-refractivity contribution >= 4 is 23.5 Å². The summed E-state index contributed by atoms with van der Waals surface area (Å²) in [6, 6.07) is 28.4. The topological polar surface area (TPSA) is 95.9 Å². The van der Waals surface area contributed by atoms with Crippen LogP contribution in [0.4, 0.5) is 5.69 Å². The van der Waals surface area contributed by atoms with Crippen molar-refractivity contribution in [3.63, 3.8) is 0 Å². The quantitative estimate of drug-likeness (QED) is 0.278. The second kappa shape index (κ2) is 10.8. The molecule has 2 N–H and O–H groups in total. The second-order valence-corrected chi connectivity index (χ2v) is 9.81. The van der Waals surface area contributed by atoms with Gasteiger partial charge < -0.3 is 20.1 Å². The van der Waals surface area contributed by atoms with Crippen molar-refractivity contribution in [3.05, 3.63) is 114 Å². The van der Waals surface area contributed by atoms with Crippen LogP contribution in [0.25, 0.3) is 11.1 Å². The van der Waals surface area contributed by atoms with E-state index < -0.39 is 12.0 Å². The van der Waals surface area contributed by atoms with E-state index >= 15 is 0 Å². The molecule has 1 aliphatic rings. The van der Waals surface area contributed by atoms with E-state index in [4.69, 9.17) is 4.74 Å². The number of carbonyl (C=O) groups excluding carboxylic acids is 2. The van der Waals surface area contributed by atoms with Crippen LogP contribution in [0.5, 0.6) is 11.5 Å². The first-order valence-electron chi connectivity index (χ1n) is 12.7. The summed E-state index contributed by atoms with van der Waals surface area (Å²) < 4.78 is 5.83. The number of aliphatic carboxylic acids is 1. The van der Waals surface area contributed by atoms with E-state index in [1.165, 1.54) is 4.90 Å². The van der Waals surface area contributed by atoms with Gasteiger partial charge in [0.15, 0.2) is 0 Å². The molecule has 0 radical (unpaired) electrons. The van der Waals surface area contributed by atoms with Crippen molar-refractivity contribution < 1.29 is 24.2 Å². The minimum absolute atomic E-state index is 0.207. The number of carbonyl (C=O) groups is 3. The predicted molar refractivity (Wildman–Crippen MR) is 149 cm³/mol. The Morgan fingerprint density at radius 2 is 1.54 bits per heavy atom. The molecular formula is C32H28N2O5.